The molecule has 0 saturated carbocycles. The van der Waals surface area contributed by atoms with Crippen LogP contribution in [0.1, 0.15) is 29.7 Å². The second-order valence-electron chi connectivity index (χ2n) is 4.65. The van der Waals surface area contributed by atoms with Crippen LogP contribution in [0.25, 0.3) is 0 Å². The summed E-state index contributed by atoms with van der Waals surface area (Å²) in [6, 6.07) is -0.137. The molecule has 0 aromatic carbocycles. The standard InChI is InChI=1S/C12H19N3O3/c1-7-8(2)14-12(13-7)10-4-9(18-3)5-15(10)11(17)6-16/h9-10,16H,4-6H2,1-3H3,(H,13,14)/t9-,10+/m1/s1. The Bertz CT molecular complexity index is 424. The molecule has 0 spiro atoms. The van der Waals surface area contributed by atoms with Gasteiger partial charge in [0.1, 0.15) is 12.4 Å². The first-order valence-corrected chi connectivity index (χ1v) is 6.03. The van der Waals surface area contributed by atoms with Gasteiger partial charge in [0.2, 0.25) is 5.91 Å². The lowest BCUT2D eigenvalue weighted by Crippen LogP contribution is -2.34. The minimum atomic E-state index is -0.481. The minimum Gasteiger partial charge on any atom is -0.387 e. The van der Waals surface area contributed by atoms with Crippen LogP contribution >= 0.6 is 0 Å². The smallest absolute Gasteiger partial charge is 0.248 e. The van der Waals surface area contributed by atoms with Crippen LogP contribution in [0.5, 0.6) is 0 Å². The lowest BCUT2D eigenvalue weighted by Gasteiger charge is -2.21. The SMILES string of the molecule is CO[C@@H]1C[C@@H](c2nc(C)c(C)[nH]2)N(C(=O)CO)C1. The van der Waals surface area contributed by atoms with Crippen molar-refractivity contribution in [3.05, 3.63) is 17.2 Å². The van der Waals surface area contributed by atoms with Gasteiger partial charge < -0.3 is 19.7 Å². The zero-order valence-electron chi connectivity index (χ0n) is 10.9. The molecule has 0 bridgehead atoms. The molecule has 1 saturated heterocycles. The number of hydrogen-bond acceptors (Lipinski definition) is 4. The Hall–Kier alpha value is -1.40. The van der Waals surface area contributed by atoms with E-state index >= 15 is 0 Å². The molecular weight excluding hydrogens is 234 g/mol. The number of imidazole rings is 1. The van der Waals surface area contributed by atoms with E-state index < -0.39 is 6.61 Å². The fraction of sp³-hybridized carbons (Fsp3) is 0.667. The largest absolute Gasteiger partial charge is 0.387 e. The monoisotopic (exact) mass is 253 g/mol. The number of likely N-dealkylation sites (tertiary alicyclic amines) is 1. The fourth-order valence-electron chi connectivity index (χ4n) is 2.33. The number of aliphatic hydroxyl groups is 1. The normalized spacial score (nSPS) is 23.7. The van der Waals surface area contributed by atoms with Gasteiger partial charge in [-0.1, -0.05) is 0 Å². The zero-order valence-corrected chi connectivity index (χ0v) is 10.9. The zero-order chi connectivity index (χ0) is 13.3. The molecule has 6 nitrogen and oxygen atoms in total. The lowest BCUT2D eigenvalue weighted by molar-refractivity contribution is -0.135. The van der Waals surface area contributed by atoms with E-state index in [1.54, 1.807) is 12.0 Å². The van der Waals surface area contributed by atoms with E-state index in [2.05, 4.69) is 9.97 Å². The van der Waals surface area contributed by atoms with Crippen molar-refractivity contribution in [2.75, 3.05) is 20.3 Å². The molecule has 2 atom stereocenters. The summed E-state index contributed by atoms with van der Waals surface area (Å²) >= 11 is 0. The summed E-state index contributed by atoms with van der Waals surface area (Å²) in [5.74, 6) is 0.484. The van der Waals surface area contributed by atoms with Crippen LogP contribution in [-0.4, -0.2) is 52.2 Å². The van der Waals surface area contributed by atoms with Gasteiger partial charge in [0.15, 0.2) is 0 Å². The van der Waals surface area contributed by atoms with Crippen molar-refractivity contribution >= 4 is 5.91 Å². The average Bonchev–Trinajstić information content (AvgIpc) is 2.93. The van der Waals surface area contributed by atoms with Gasteiger partial charge in [-0.05, 0) is 13.8 Å². The van der Waals surface area contributed by atoms with Crippen LogP contribution in [0.3, 0.4) is 0 Å². The summed E-state index contributed by atoms with van der Waals surface area (Å²) in [7, 11) is 1.63. The molecule has 1 fully saturated rings. The summed E-state index contributed by atoms with van der Waals surface area (Å²) in [5, 5.41) is 9.02. The molecule has 1 aliphatic rings. The Morgan fingerprint density at radius 3 is 2.83 bits per heavy atom. The Kier molecular flexibility index (Phi) is 3.68. The first-order chi connectivity index (χ1) is 8.56. The second kappa shape index (κ2) is 5.07. The number of rotatable bonds is 3. The Morgan fingerprint density at radius 1 is 1.61 bits per heavy atom. The highest BCUT2D eigenvalue weighted by Gasteiger charge is 2.37. The molecular formula is C12H19N3O3. The number of H-pyrrole nitrogens is 1. The molecule has 0 unspecified atom stereocenters. The first-order valence-electron chi connectivity index (χ1n) is 6.03. The summed E-state index contributed by atoms with van der Waals surface area (Å²) < 4.78 is 5.31. The number of ether oxygens (including phenoxy) is 1. The Morgan fingerprint density at radius 2 is 2.33 bits per heavy atom. The van der Waals surface area contributed by atoms with E-state index in [9.17, 15) is 4.79 Å². The molecule has 18 heavy (non-hydrogen) atoms. The molecule has 1 aliphatic heterocycles. The predicted molar refractivity (Wildman–Crippen MR) is 65.0 cm³/mol. The van der Waals surface area contributed by atoms with Gasteiger partial charge in [-0.15, -0.1) is 0 Å². The van der Waals surface area contributed by atoms with Crippen LogP contribution in [-0.2, 0) is 9.53 Å². The molecule has 0 aliphatic carbocycles. The van der Waals surface area contributed by atoms with Crippen molar-refractivity contribution in [1.82, 2.24) is 14.9 Å². The number of aliphatic hydroxyl groups excluding tert-OH is 1. The second-order valence-corrected chi connectivity index (χ2v) is 4.65. The molecule has 2 heterocycles. The van der Waals surface area contributed by atoms with Gasteiger partial charge in [0.05, 0.1) is 17.8 Å². The van der Waals surface area contributed by atoms with Gasteiger partial charge in [0, 0.05) is 25.8 Å². The Balaban J connectivity index is 2.25. The number of aromatic nitrogens is 2. The van der Waals surface area contributed by atoms with Gasteiger partial charge in [-0.2, -0.15) is 0 Å². The number of carbonyl (C=O) groups excluding carboxylic acids is 1. The van der Waals surface area contributed by atoms with Crippen molar-refractivity contribution in [2.24, 2.45) is 0 Å². The number of aromatic amines is 1. The fourth-order valence-corrected chi connectivity index (χ4v) is 2.33. The number of nitrogens with one attached hydrogen (secondary N) is 1. The van der Waals surface area contributed by atoms with Gasteiger partial charge in [0.25, 0.3) is 0 Å². The Labute approximate surface area is 106 Å². The van der Waals surface area contributed by atoms with Gasteiger partial charge in [-0.3, -0.25) is 4.79 Å². The number of amides is 1. The molecule has 1 aromatic rings. The minimum absolute atomic E-state index is 0.00351. The van der Waals surface area contributed by atoms with Gasteiger partial charge >= 0.3 is 0 Å². The summed E-state index contributed by atoms with van der Waals surface area (Å²) in [5.41, 5.74) is 1.93. The van der Waals surface area contributed by atoms with Crippen LogP contribution in [0.2, 0.25) is 0 Å². The van der Waals surface area contributed by atoms with Crippen molar-refractivity contribution in [3.63, 3.8) is 0 Å². The van der Waals surface area contributed by atoms with E-state index in [0.717, 1.165) is 17.2 Å². The molecule has 1 amide bonds. The van der Waals surface area contributed by atoms with E-state index in [1.165, 1.54) is 0 Å². The third kappa shape index (κ3) is 2.26. The molecule has 1 aromatic heterocycles. The number of carbonyl (C=O) groups is 1. The van der Waals surface area contributed by atoms with Crippen molar-refractivity contribution in [2.45, 2.75) is 32.4 Å². The maximum atomic E-state index is 11.7. The average molecular weight is 253 g/mol. The predicted octanol–water partition coefficient (Wildman–Crippen LogP) is 0.307. The molecule has 2 N–H and O–H groups in total. The number of methoxy groups -OCH3 is 1. The highest BCUT2D eigenvalue weighted by atomic mass is 16.5. The number of nitrogens with zero attached hydrogens (tertiary/aromatic N) is 2. The van der Waals surface area contributed by atoms with Gasteiger partial charge in [-0.25, -0.2) is 4.98 Å². The molecule has 2 rings (SSSR count). The highest BCUT2D eigenvalue weighted by molar-refractivity contribution is 5.78. The summed E-state index contributed by atoms with van der Waals surface area (Å²) in [6.45, 7) is 3.90. The number of hydrogen-bond donors (Lipinski definition) is 2. The summed E-state index contributed by atoms with van der Waals surface area (Å²) in [4.78, 5) is 21.0. The quantitative estimate of drug-likeness (QED) is 0.812. The molecule has 0 radical (unpaired) electrons. The number of aryl methyl sites for hydroxylation is 2. The first kappa shape index (κ1) is 13.0. The van der Waals surface area contributed by atoms with Crippen LogP contribution in [0.15, 0.2) is 0 Å². The highest BCUT2D eigenvalue weighted by Crippen LogP contribution is 2.32. The van der Waals surface area contributed by atoms with E-state index in [1.807, 2.05) is 13.8 Å². The summed E-state index contributed by atoms with van der Waals surface area (Å²) in [6.07, 6.45) is 0.700. The van der Waals surface area contributed by atoms with Crippen LogP contribution in [0, 0.1) is 13.8 Å². The van der Waals surface area contributed by atoms with Crippen molar-refractivity contribution in [1.29, 1.82) is 0 Å². The van der Waals surface area contributed by atoms with E-state index in [-0.39, 0.29) is 18.1 Å². The van der Waals surface area contributed by atoms with E-state index in [0.29, 0.717) is 13.0 Å². The van der Waals surface area contributed by atoms with Crippen molar-refractivity contribution < 1.29 is 14.6 Å². The molecule has 6 heteroatoms. The molecule has 100 valence electrons. The third-order valence-electron chi connectivity index (χ3n) is 3.51. The maximum absolute atomic E-state index is 11.7. The van der Waals surface area contributed by atoms with Crippen LogP contribution in [0.4, 0.5) is 0 Å². The van der Waals surface area contributed by atoms with Crippen LogP contribution < -0.4 is 0 Å². The topological polar surface area (TPSA) is 78.5 Å². The van der Waals surface area contributed by atoms with E-state index in [4.69, 9.17) is 9.84 Å². The lowest BCUT2D eigenvalue weighted by atomic mass is 10.2. The van der Waals surface area contributed by atoms with Crippen molar-refractivity contribution in [3.8, 4) is 0 Å². The third-order valence-corrected chi connectivity index (χ3v) is 3.51. The maximum Gasteiger partial charge on any atom is 0.248 e.